The van der Waals surface area contributed by atoms with Crippen molar-refractivity contribution in [2.24, 2.45) is 0 Å². The van der Waals surface area contributed by atoms with Gasteiger partial charge >= 0.3 is 0 Å². The van der Waals surface area contributed by atoms with E-state index < -0.39 is 0 Å². The predicted octanol–water partition coefficient (Wildman–Crippen LogP) is 3.87. The number of hydrogen-bond acceptors (Lipinski definition) is 2. The molecule has 2 rings (SSSR count). The Morgan fingerprint density at radius 1 is 1.41 bits per heavy atom. The lowest BCUT2D eigenvalue weighted by Crippen LogP contribution is -2.06. The van der Waals surface area contributed by atoms with E-state index in [9.17, 15) is 0 Å². The van der Waals surface area contributed by atoms with Gasteiger partial charge in [0.25, 0.3) is 0 Å². The van der Waals surface area contributed by atoms with Crippen LogP contribution in [0, 0.1) is 0 Å². The highest BCUT2D eigenvalue weighted by molar-refractivity contribution is 9.10. The van der Waals surface area contributed by atoms with Crippen molar-refractivity contribution < 1.29 is 0 Å². The second-order valence-corrected chi connectivity index (χ2v) is 5.10. The lowest BCUT2D eigenvalue weighted by molar-refractivity contribution is 0.797. The van der Waals surface area contributed by atoms with Gasteiger partial charge in [-0.05, 0) is 41.2 Å². The average Bonchev–Trinajstić information content (AvgIpc) is 2.60. The Kier molecular flexibility index (Phi) is 4.09. The van der Waals surface area contributed by atoms with Gasteiger partial charge in [0, 0.05) is 17.1 Å². The minimum atomic E-state index is 0.592. The van der Waals surface area contributed by atoms with Crippen LogP contribution in [0.2, 0.25) is 10.0 Å². The number of imidazole rings is 1. The van der Waals surface area contributed by atoms with Gasteiger partial charge in [0.15, 0.2) is 4.73 Å². The first-order chi connectivity index (χ1) is 8.11. The Morgan fingerprint density at radius 3 is 2.82 bits per heavy atom. The van der Waals surface area contributed by atoms with Crippen molar-refractivity contribution in [2.45, 2.75) is 6.54 Å². The van der Waals surface area contributed by atoms with Crippen molar-refractivity contribution in [3.63, 3.8) is 0 Å². The zero-order chi connectivity index (χ0) is 12.4. The number of aromatic nitrogens is 2. The molecule has 2 aromatic rings. The Labute approximate surface area is 118 Å². The van der Waals surface area contributed by atoms with Crippen molar-refractivity contribution in [3.05, 3.63) is 38.7 Å². The fraction of sp³-hybridized carbons (Fsp3) is 0.182. The van der Waals surface area contributed by atoms with E-state index in [-0.39, 0.29) is 0 Å². The standard InChI is InChI=1S/C11H10BrCl2N3/c1-15-5-9-10(17-11(12)16-9)7-3-2-6(13)4-8(7)14/h2-4,15H,5H2,1H3,(H,16,17). The van der Waals surface area contributed by atoms with Crippen LogP contribution in [-0.4, -0.2) is 17.0 Å². The second kappa shape index (κ2) is 5.40. The molecular formula is C11H10BrCl2N3. The van der Waals surface area contributed by atoms with Gasteiger partial charge in [-0.2, -0.15) is 0 Å². The van der Waals surface area contributed by atoms with Crippen molar-refractivity contribution in [2.75, 3.05) is 7.05 Å². The molecule has 0 bridgehead atoms. The van der Waals surface area contributed by atoms with Crippen LogP contribution in [0.4, 0.5) is 0 Å². The summed E-state index contributed by atoms with van der Waals surface area (Å²) in [6.07, 6.45) is 0. The first kappa shape index (κ1) is 12.9. The first-order valence-electron chi connectivity index (χ1n) is 4.96. The van der Waals surface area contributed by atoms with Gasteiger partial charge in [0.05, 0.1) is 16.4 Å². The van der Waals surface area contributed by atoms with E-state index in [1.807, 2.05) is 13.1 Å². The van der Waals surface area contributed by atoms with Crippen molar-refractivity contribution >= 4 is 39.1 Å². The van der Waals surface area contributed by atoms with E-state index in [4.69, 9.17) is 23.2 Å². The van der Waals surface area contributed by atoms with E-state index in [0.717, 1.165) is 17.0 Å². The van der Waals surface area contributed by atoms with Crippen LogP contribution in [0.3, 0.4) is 0 Å². The maximum absolute atomic E-state index is 6.17. The Hall–Kier alpha value is -0.550. The van der Waals surface area contributed by atoms with Gasteiger partial charge in [0.2, 0.25) is 0 Å². The van der Waals surface area contributed by atoms with Crippen molar-refractivity contribution in [3.8, 4) is 11.3 Å². The maximum Gasteiger partial charge on any atom is 0.175 e. The fourth-order valence-electron chi connectivity index (χ4n) is 1.59. The lowest BCUT2D eigenvalue weighted by atomic mass is 10.1. The van der Waals surface area contributed by atoms with E-state index >= 15 is 0 Å². The molecule has 0 amide bonds. The number of H-pyrrole nitrogens is 1. The minimum absolute atomic E-state index is 0.592. The molecule has 1 aromatic carbocycles. The van der Waals surface area contributed by atoms with Crippen LogP contribution >= 0.6 is 39.1 Å². The number of nitrogens with zero attached hydrogens (tertiary/aromatic N) is 1. The fourth-order valence-corrected chi connectivity index (χ4v) is 2.50. The van der Waals surface area contributed by atoms with E-state index in [2.05, 4.69) is 31.2 Å². The third kappa shape index (κ3) is 2.83. The smallest absolute Gasteiger partial charge is 0.175 e. The third-order valence-corrected chi connectivity index (χ3v) is 3.21. The van der Waals surface area contributed by atoms with E-state index in [1.165, 1.54) is 0 Å². The van der Waals surface area contributed by atoms with Crippen LogP contribution in [0.25, 0.3) is 11.3 Å². The highest BCUT2D eigenvalue weighted by atomic mass is 79.9. The summed E-state index contributed by atoms with van der Waals surface area (Å²) >= 11 is 15.4. The molecule has 3 nitrogen and oxygen atoms in total. The Morgan fingerprint density at radius 2 is 2.18 bits per heavy atom. The van der Waals surface area contributed by atoms with Gasteiger partial charge < -0.3 is 10.3 Å². The number of halogens is 3. The molecule has 0 saturated heterocycles. The highest BCUT2D eigenvalue weighted by Gasteiger charge is 2.13. The summed E-state index contributed by atoms with van der Waals surface area (Å²) in [5, 5.41) is 4.28. The van der Waals surface area contributed by atoms with Gasteiger partial charge in [-0.1, -0.05) is 23.2 Å². The van der Waals surface area contributed by atoms with Crippen molar-refractivity contribution in [1.82, 2.24) is 15.3 Å². The van der Waals surface area contributed by atoms with Crippen molar-refractivity contribution in [1.29, 1.82) is 0 Å². The lowest BCUT2D eigenvalue weighted by Gasteiger charge is -2.04. The minimum Gasteiger partial charge on any atom is -0.335 e. The summed E-state index contributed by atoms with van der Waals surface area (Å²) in [4.78, 5) is 7.52. The molecule has 0 atom stereocenters. The largest absolute Gasteiger partial charge is 0.335 e. The third-order valence-electron chi connectivity index (χ3n) is 2.29. The molecule has 90 valence electrons. The van der Waals surface area contributed by atoms with Gasteiger partial charge in [-0.3, -0.25) is 0 Å². The number of benzene rings is 1. The molecule has 0 radical (unpaired) electrons. The monoisotopic (exact) mass is 333 g/mol. The highest BCUT2D eigenvalue weighted by Crippen LogP contribution is 2.32. The molecule has 0 fully saturated rings. The first-order valence-corrected chi connectivity index (χ1v) is 6.51. The Bertz CT molecular complexity index is 540. The van der Waals surface area contributed by atoms with Gasteiger partial charge in [-0.25, -0.2) is 4.98 Å². The van der Waals surface area contributed by atoms with Crippen LogP contribution in [0.1, 0.15) is 5.69 Å². The zero-order valence-electron chi connectivity index (χ0n) is 9.02. The van der Waals surface area contributed by atoms with Crippen LogP contribution < -0.4 is 5.32 Å². The van der Waals surface area contributed by atoms with Crippen LogP contribution in [0.5, 0.6) is 0 Å². The summed E-state index contributed by atoms with van der Waals surface area (Å²) in [7, 11) is 1.88. The molecule has 1 aromatic heterocycles. The molecule has 0 aliphatic heterocycles. The van der Waals surface area contributed by atoms with Crippen LogP contribution in [0.15, 0.2) is 22.9 Å². The maximum atomic E-state index is 6.17. The SMILES string of the molecule is CNCc1[nH]c(Br)nc1-c1ccc(Cl)cc1Cl. The number of aromatic amines is 1. The summed E-state index contributed by atoms with van der Waals surface area (Å²) in [5.41, 5.74) is 2.67. The quantitative estimate of drug-likeness (QED) is 0.894. The molecule has 0 spiro atoms. The zero-order valence-corrected chi connectivity index (χ0v) is 12.1. The average molecular weight is 335 g/mol. The molecule has 0 aliphatic carbocycles. The molecule has 1 heterocycles. The molecular weight excluding hydrogens is 325 g/mol. The summed E-state index contributed by atoms with van der Waals surface area (Å²) in [6, 6.07) is 5.38. The molecule has 6 heteroatoms. The topological polar surface area (TPSA) is 40.7 Å². The predicted molar refractivity (Wildman–Crippen MR) is 74.5 cm³/mol. The second-order valence-electron chi connectivity index (χ2n) is 3.51. The van der Waals surface area contributed by atoms with Crippen LogP contribution in [-0.2, 0) is 6.54 Å². The molecule has 0 aliphatic rings. The summed E-state index contributed by atoms with van der Waals surface area (Å²) < 4.78 is 0.684. The summed E-state index contributed by atoms with van der Waals surface area (Å²) in [5.74, 6) is 0. The normalized spacial score (nSPS) is 10.8. The number of rotatable bonds is 3. The Balaban J connectivity index is 2.51. The molecule has 17 heavy (non-hydrogen) atoms. The van der Waals surface area contributed by atoms with Gasteiger partial charge in [-0.15, -0.1) is 0 Å². The summed E-state index contributed by atoms with van der Waals surface area (Å²) in [6.45, 7) is 0.687. The number of hydrogen-bond donors (Lipinski definition) is 2. The van der Waals surface area contributed by atoms with Gasteiger partial charge in [0.1, 0.15) is 0 Å². The molecule has 0 unspecified atom stereocenters. The number of nitrogens with one attached hydrogen (secondary N) is 2. The molecule has 2 N–H and O–H groups in total. The molecule has 0 saturated carbocycles. The van der Waals surface area contributed by atoms with E-state index in [1.54, 1.807) is 12.1 Å². The van der Waals surface area contributed by atoms with E-state index in [0.29, 0.717) is 21.3 Å².